The number of rotatable bonds is 4. The second kappa shape index (κ2) is 5.28. The van der Waals surface area contributed by atoms with Crippen molar-refractivity contribution >= 4 is 23.6 Å². The van der Waals surface area contributed by atoms with Crippen molar-refractivity contribution in [3.05, 3.63) is 23.2 Å². The number of hydrogen-bond acceptors (Lipinski definition) is 4. The van der Waals surface area contributed by atoms with Gasteiger partial charge in [0.25, 0.3) is 5.91 Å². The molecule has 1 fully saturated rings. The lowest BCUT2D eigenvalue weighted by atomic mass is 9.99. The average molecular weight is 283 g/mol. The molecule has 0 aliphatic carbocycles. The first-order chi connectivity index (χ1) is 8.98. The average Bonchev–Trinajstić information content (AvgIpc) is 2.96. The Kier molecular flexibility index (Phi) is 3.89. The number of carboxylic acid groups (broad SMARTS) is 1. The van der Waals surface area contributed by atoms with Crippen LogP contribution in [0.4, 0.5) is 0 Å². The van der Waals surface area contributed by atoms with Gasteiger partial charge in [-0.05, 0) is 30.7 Å². The molecule has 1 unspecified atom stereocenters. The molecule has 1 aromatic heterocycles. The van der Waals surface area contributed by atoms with Gasteiger partial charge in [-0.2, -0.15) is 11.8 Å². The van der Waals surface area contributed by atoms with E-state index in [0.29, 0.717) is 18.6 Å². The summed E-state index contributed by atoms with van der Waals surface area (Å²) in [6.45, 7) is 3.82. The monoisotopic (exact) mass is 283 g/mol. The maximum atomic E-state index is 12.1. The van der Waals surface area contributed by atoms with Crippen LogP contribution in [0, 0.1) is 6.92 Å². The number of nitrogens with one attached hydrogen (secondary N) is 1. The smallest absolute Gasteiger partial charge is 0.330 e. The Bertz CT molecular complexity index is 503. The van der Waals surface area contributed by atoms with Crippen LogP contribution in [0.5, 0.6) is 0 Å². The van der Waals surface area contributed by atoms with Crippen LogP contribution in [0.1, 0.15) is 35.2 Å². The Morgan fingerprint density at radius 1 is 1.58 bits per heavy atom. The summed E-state index contributed by atoms with van der Waals surface area (Å²) in [6, 6.07) is 1.66. The van der Waals surface area contributed by atoms with Crippen molar-refractivity contribution in [2.24, 2.45) is 0 Å². The van der Waals surface area contributed by atoms with E-state index in [4.69, 9.17) is 4.42 Å². The van der Waals surface area contributed by atoms with Crippen molar-refractivity contribution in [1.29, 1.82) is 0 Å². The highest BCUT2D eigenvalue weighted by molar-refractivity contribution is 7.99. The van der Waals surface area contributed by atoms with E-state index in [0.717, 1.165) is 17.1 Å². The molecule has 2 heterocycles. The Morgan fingerprint density at radius 3 is 2.79 bits per heavy atom. The van der Waals surface area contributed by atoms with Gasteiger partial charge in [0.15, 0.2) is 5.76 Å². The number of furan rings is 1. The first kappa shape index (κ1) is 14.0. The molecule has 1 aliphatic heterocycles. The summed E-state index contributed by atoms with van der Waals surface area (Å²) in [6.07, 6.45) is 1.15. The first-order valence-corrected chi connectivity index (χ1v) is 7.37. The van der Waals surface area contributed by atoms with Crippen molar-refractivity contribution in [2.75, 3.05) is 11.5 Å². The van der Waals surface area contributed by atoms with Crippen molar-refractivity contribution < 1.29 is 19.1 Å². The van der Waals surface area contributed by atoms with Crippen LogP contribution < -0.4 is 5.32 Å². The topological polar surface area (TPSA) is 79.5 Å². The lowest BCUT2D eigenvalue weighted by Crippen LogP contribution is -2.54. The van der Waals surface area contributed by atoms with E-state index in [1.54, 1.807) is 6.07 Å². The Hall–Kier alpha value is -1.43. The molecular weight excluding hydrogens is 266 g/mol. The van der Waals surface area contributed by atoms with E-state index in [-0.39, 0.29) is 5.76 Å². The van der Waals surface area contributed by atoms with E-state index >= 15 is 0 Å². The zero-order chi connectivity index (χ0) is 14.0. The van der Waals surface area contributed by atoms with Crippen LogP contribution >= 0.6 is 11.8 Å². The molecule has 104 valence electrons. The van der Waals surface area contributed by atoms with Gasteiger partial charge in [0.2, 0.25) is 0 Å². The molecule has 5 nitrogen and oxygen atoms in total. The molecule has 1 aromatic rings. The SMILES string of the molecule is CCc1oc(C(=O)NC2(C(=O)O)CCSC2)cc1C. The van der Waals surface area contributed by atoms with Gasteiger partial charge in [0.05, 0.1) is 0 Å². The maximum Gasteiger partial charge on any atom is 0.330 e. The zero-order valence-electron chi connectivity index (χ0n) is 11.0. The molecule has 19 heavy (non-hydrogen) atoms. The van der Waals surface area contributed by atoms with Crippen LogP contribution in [0.2, 0.25) is 0 Å². The van der Waals surface area contributed by atoms with E-state index in [1.807, 2.05) is 13.8 Å². The molecule has 6 heteroatoms. The van der Waals surface area contributed by atoms with Gasteiger partial charge in [-0.15, -0.1) is 0 Å². The standard InChI is InChI=1S/C13H17NO4S/c1-3-9-8(2)6-10(18-9)11(15)14-13(12(16)17)4-5-19-7-13/h6H,3-5,7H2,1-2H3,(H,14,15)(H,16,17). The van der Waals surface area contributed by atoms with E-state index in [1.165, 1.54) is 11.8 Å². The van der Waals surface area contributed by atoms with Crippen LogP contribution in [-0.4, -0.2) is 34.0 Å². The minimum Gasteiger partial charge on any atom is -0.479 e. The predicted molar refractivity (Wildman–Crippen MR) is 72.6 cm³/mol. The van der Waals surface area contributed by atoms with Gasteiger partial charge in [-0.3, -0.25) is 4.79 Å². The molecule has 0 bridgehead atoms. The van der Waals surface area contributed by atoms with Gasteiger partial charge >= 0.3 is 5.97 Å². The summed E-state index contributed by atoms with van der Waals surface area (Å²) in [7, 11) is 0. The van der Waals surface area contributed by atoms with Crippen LogP contribution in [0.15, 0.2) is 10.5 Å². The van der Waals surface area contributed by atoms with Crippen LogP contribution in [-0.2, 0) is 11.2 Å². The number of carbonyl (C=O) groups is 2. The summed E-state index contributed by atoms with van der Waals surface area (Å²) < 4.78 is 5.45. The number of amides is 1. The Balaban J connectivity index is 2.17. The predicted octanol–water partition coefficient (Wildman–Crippen LogP) is 1.84. The van der Waals surface area contributed by atoms with E-state index < -0.39 is 17.4 Å². The third-order valence-electron chi connectivity index (χ3n) is 3.35. The third kappa shape index (κ3) is 2.63. The van der Waals surface area contributed by atoms with Gasteiger partial charge in [0, 0.05) is 12.2 Å². The molecular formula is C13H17NO4S. The van der Waals surface area contributed by atoms with Crippen molar-refractivity contribution in [2.45, 2.75) is 32.2 Å². The molecule has 2 rings (SSSR count). The first-order valence-electron chi connectivity index (χ1n) is 6.21. The Morgan fingerprint density at radius 2 is 2.32 bits per heavy atom. The van der Waals surface area contributed by atoms with Crippen LogP contribution in [0.25, 0.3) is 0 Å². The van der Waals surface area contributed by atoms with Gasteiger partial charge in [-0.1, -0.05) is 6.92 Å². The molecule has 1 atom stereocenters. The number of carbonyl (C=O) groups excluding carboxylic acids is 1. The third-order valence-corrected chi connectivity index (χ3v) is 4.54. The molecule has 1 aliphatic rings. The number of aliphatic carboxylic acids is 1. The largest absolute Gasteiger partial charge is 0.479 e. The maximum absolute atomic E-state index is 12.1. The van der Waals surface area contributed by atoms with E-state index in [2.05, 4.69) is 5.32 Å². The highest BCUT2D eigenvalue weighted by atomic mass is 32.2. The molecule has 0 spiro atoms. The van der Waals surface area contributed by atoms with Crippen LogP contribution in [0.3, 0.4) is 0 Å². The summed E-state index contributed by atoms with van der Waals surface area (Å²) >= 11 is 1.53. The fourth-order valence-electron chi connectivity index (χ4n) is 2.15. The molecule has 0 saturated carbocycles. The number of hydrogen-bond donors (Lipinski definition) is 2. The quantitative estimate of drug-likeness (QED) is 0.881. The lowest BCUT2D eigenvalue weighted by molar-refractivity contribution is -0.143. The normalized spacial score (nSPS) is 22.4. The second-order valence-electron chi connectivity index (χ2n) is 4.71. The van der Waals surface area contributed by atoms with Gasteiger partial charge in [-0.25, -0.2) is 4.79 Å². The summed E-state index contributed by atoms with van der Waals surface area (Å²) in [4.78, 5) is 23.5. The van der Waals surface area contributed by atoms with E-state index in [9.17, 15) is 14.7 Å². The second-order valence-corrected chi connectivity index (χ2v) is 5.82. The molecule has 1 amide bonds. The molecule has 1 saturated heterocycles. The summed E-state index contributed by atoms with van der Waals surface area (Å²) in [5.74, 6) is 0.651. The Labute approximate surface area is 115 Å². The molecule has 2 N–H and O–H groups in total. The highest BCUT2D eigenvalue weighted by Crippen LogP contribution is 2.29. The minimum absolute atomic E-state index is 0.187. The highest BCUT2D eigenvalue weighted by Gasteiger charge is 2.43. The van der Waals surface area contributed by atoms with Crippen molar-refractivity contribution in [3.8, 4) is 0 Å². The van der Waals surface area contributed by atoms with Crippen molar-refractivity contribution in [3.63, 3.8) is 0 Å². The molecule has 0 radical (unpaired) electrons. The number of aryl methyl sites for hydroxylation is 2. The fraction of sp³-hybridized carbons (Fsp3) is 0.538. The number of carboxylic acids is 1. The van der Waals surface area contributed by atoms with Gasteiger partial charge in [0.1, 0.15) is 11.3 Å². The summed E-state index contributed by atoms with van der Waals surface area (Å²) in [5, 5.41) is 11.9. The van der Waals surface area contributed by atoms with Gasteiger partial charge < -0.3 is 14.8 Å². The molecule has 0 aromatic carbocycles. The number of thioether (sulfide) groups is 1. The fourth-order valence-corrected chi connectivity index (χ4v) is 3.47. The lowest BCUT2D eigenvalue weighted by Gasteiger charge is -2.23. The van der Waals surface area contributed by atoms with Crippen molar-refractivity contribution in [1.82, 2.24) is 5.32 Å². The summed E-state index contributed by atoms with van der Waals surface area (Å²) in [5.41, 5.74) is -0.243. The zero-order valence-corrected chi connectivity index (χ0v) is 11.8. The minimum atomic E-state index is -1.16.